The Labute approximate surface area is 172 Å². The van der Waals surface area contributed by atoms with E-state index in [1.54, 1.807) is 35.2 Å². The van der Waals surface area contributed by atoms with Gasteiger partial charge in [-0.15, -0.1) is 0 Å². The zero-order valence-electron chi connectivity index (χ0n) is 16.2. The Bertz CT molecular complexity index is 1140. The quantitative estimate of drug-likeness (QED) is 0.697. The van der Waals surface area contributed by atoms with Crippen molar-refractivity contribution in [3.8, 4) is 0 Å². The fraction of sp³-hybridized carbons (Fsp3) is 0.273. The Hall–Kier alpha value is -2.70. The van der Waals surface area contributed by atoms with Gasteiger partial charge in [0, 0.05) is 18.0 Å². The van der Waals surface area contributed by atoms with E-state index < -0.39 is 6.04 Å². The van der Waals surface area contributed by atoms with Gasteiger partial charge in [-0.25, -0.2) is 4.39 Å². The summed E-state index contributed by atoms with van der Waals surface area (Å²) in [5, 5.41) is 0.744. The number of rotatable bonds is 5. The summed E-state index contributed by atoms with van der Waals surface area (Å²) in [4.78, 5) is 29.4. The van der Waals surface area contributed by atoms with Crippen LogP contribution in [0.4, 0.5) is 4.39 Å². The van der Waals surface area contributed by atoms with Crippen LogP contribution in [0.5, 0.6) is 0 Å². The molecule has 3 aromatic rings. The minimum atomic E-state index is -0.616. The number of fused-ring (bicyclic) bond motifs is 2. The number of halogens is 2. The number of carbonyl (C=O) groups is 1. The second kappa shape index (κ2) is 7.61. The first-order valence-corrected chi connectivity index (χ1v) is 9.86. The summed E-state index contributed by atoms with van der Waals surface area (Å²) in [7, 11) is 4.08. The highest BCUT2D eigenvalue weighted by molar-refractivity contribution is 6.31. The standard InChI is InChI=1S/C22H20ClFN2O3/c1-25(2)10-3-11-26-19(13-4-7-15(24)8-5-13)18-20(27)16-12-14(23)6-9-17(16)29-21(18)22(26)28/h4-9,12,19H,3,10-11H2,1-2H3/p+1/t19-/m1/s1. The summed E-state index contributed by atoms with van der Waals surface area (Å²) >= 11 is 6.07. The van der Waals surface area contributed by atoms with Gasteiger partial charge in [-0.2, -0.15) is 0 Å². The highest BCUT2D eigenvalue weighted by Crippen LogP contribution is 2.38. The number of hydrogen-bond donors (Lipinski definition) is 1. The average Bonchev–Trinajstić information content (AvgIpc) is 2.95. The average molecular weight is 416 g/mol. The molecule has 0 saturated carbocycles. The molecule has 1 aromatic heterocycles. The predicted molar refractivity (Wildman–Crippen MR) is 109 cm³/mol. The smallest absolute Gasteiger partial charge is 0.290 e. The highest BCUT2D eigenvalue weighted by Gasteiger charge is 2.42. The van der Waals surface area contributed by atoms with Gasteiger partial charge < -0.3 is 14.2 Å². The molecular formula is C22H21ClFN2O3+. The van der Waals surface area contributed by atoms with Gasteiger partial charge in [-0.05, 0) is 35.9 Å². The van der Waals surface area contributed by atoms with Crippen molar-refractivity contribution in [1.82, 2.24) is 4.90 Å². The van der Waals surface area contributed by atoms with E-state index in [-0.39, 0.29) is 28.5 Å². The van der Waals surface area contributed by atoms with E-state index in [0.717, 1.165) is 13.0 Å². The van der Waals surface area contributed by atoms with Crippen molar-refractivity contribution in [3.05, 3.63) is 80.4 Å². The van der Waals surface area contributed by atoms with Crippen LogP contribution in [0.3, 0.4) is 0 Å². The number of nitrogens with one attached hydrogen (secondary N) is 1. The van der Waals surface area contributed by atoms with Crippen LogP contribution in [0, 0.1) is 5.82 Å². The Morgan fingerprint density at radius 3 is 2.55 bits per heavy atom. The molecule has 4 rings (SSSR count). The summed E-state index contributed by atoms with van der Waals surface area (Å²) in [6.07, 6.45) is 0.763. The molecule has 0 bridgehead atoms. The number of benzene rings is 2. The lowest BCUT2D eigenvalue weighted by Crippen LogP contribution is -3.05. The van der Waals surface area contributed by atoms with Crippen LogP contribution in [-0.4, -0.2) is 38.0 Å². The monoisotopic (exact) mass is 415 g/mol. The third kappa shape index (κ3) is 3.54. The van der Waals surface area contributed by atoms with Crippen LogP contribution in [0.2, 0.25) is 5.02 Å². The van der Waals surface area contributed by atoms with Gasteiger partial charge in [0.2, 0.25) is 5.76 Å². The van der Waals surface area contributed by atoms with E-state index in [2.05, 4.69) is 0 Å². The van der Waals surface area contributed by atoms with Crippen LogP contribution < -0.4 is 10.3 Å². The lowest BCUT2D eigenvalue weighted by molar-refractivity contribution is -0.858. The van der Waals surface area contributed by atoms with Crippen molar-refractivity contribution in [1.29, 1.82) is 0 Å². The molecule has 0 spiro atoms. The molecule has 0 unspecified atom stereocenters. The molecular weight excluding hydrogens is 395 g/mol. The van der Waals surface area contributed by atoms with E-state index in [1.165, 1.54) is 17.0 Å². The minimum Gasteiger partial charge on any atom is -0.450 e. The van der Waals surface area contributed by atoms with Crippen molar-refractivity contribution < 1.29 is 18.5 Å². The van der Waals surface area contributed by atoms with Crippen LogP contribution in [0.1, 0.15) is 34.1 Å². The van der Waals surface area contributed by atoms with Crippen LogP contribution >= 0.6 is 11.6 Å². The molecule has 0 aliphatic carbocycles. The largest absolute Gasteiger partial charge is 0.450 e. The predicted octanol–water partition coefficient (Wildman–Crippen LogP) is 2.67. The number of amides is 1. The normalized spacial score (nSPS) is 16.1. The maximum Gasteiger partial charge on any atom is 0.290 e. The van der Waals surface area contributed by atoms with Gasteiger partial charge in [0.05, 0.1) is 37.6 Å². The van der Waals surface area contributed by atoms with Gasteiger partial charge in [0.1, 0.15) is 11.4 Å². The molecule has 0 radical (unpaired) electrons. The van der Waals surface area contributed by atoms with Gasteiger partial charge in [-0.1, -0.05) is 23.7 Å². The van der Waals surface area contributed by atoms with Crippen molar-refractivity contribution in [2.45, 2.75) is 12.5 Å². The Morgan fingerprint density at radius 2 is 1.86 bits per heavy atom. The summed E-state index contributed by atoms with van der Waals surface area (Å²) < 4.78 is 19.3. The maximum atomic E-state index is 13.5. The Kier molecular flexibility index (Phi) is 5.15. The van der Waals surface area contributed by atoms with Crippen LogP contribution in [-0.2, 0) is 0 Å². The molecule has 0 saturated heterocycles. The Balaban J connectivity index is 1.88. The topological polar surface area (TPSA) is 55.0 Å². The zero-order valence-corrected chi connectivity index (χ0v) is 16.9. The van der Waals surface area contributed by atoms with E-state index >= 15 is 0 Å². The first-order valence-electron chi connectivity index (χ1n) is 9.48. The molecule has 5 nitrogen and oxygen atoms in total. The molecule has 2 heterocycles. The molecule has 150 valence electrons. The van der Waals surface area contributed by atoms with Crippen LogP contribution in [0.25, 0.3) is 11.0 Å². The molecule has 0 fully saturated rings. The molecule has 29 heavy (non-hydrogen) atoms. The molecule has 1 amide bonds. The van der Waals surface area contributed by atoms with E-state index in [0.29, 0.717) is 28.1 Å². The van der Waals surface area contributed by atoms with Crippen molar-refractivity contribution in [2.75, 3.05) is 27.2 Å². The molecule has 7 heteroatoms. The molecule has 1 aliphatic rings. The number of nitrogens with zero attached hydrogens (tertiary/aromatic N) is 1. The minimum absolute atomic E-state index is 0.0522. The summed E-state index contributed by atoms with van der Waals surface area (Å²) in [6, 6.07) is 10.0. The number of quaternary nitrogens is 1. The third-order valence-electron chi connectivity index (χ3n) is 5.19. The fourth-order valence-corrected chi connectivity index (χ4v) is 3.99. The van der Waals surface area contributed by atoms with Gasteiger partial charge in [0.25, 0.3) is 5.91 Å². The van der Waals surface area contributed by atoms with Gasteiger partial charge in [-0.3, -0.25) is 9.59 Å². The summed E-state index contributed by atoms with van der Waals surface area (Å²) in [5.41, 5.74) is 0.994. The van der Waals surface area contributed by atoms with Gasteiger partial charge in [0.15, 0.2) is 5.43 Å². The second-order valence-electron chi connectivity index (χ2n) is 7.58. The zero-order chi connectivity index (χ0) is 20.7. The summed E-state index contributed by atoms with van der Waals surface area (Å²) in [5.74, 6) is -0.647. The van der Waals surface area contributed by atoms with E-state index in [4.69, 9.17) is 16.0 Å². The molecule has 2 aromatic carbocycles. The van der Waals surface area contributed by atoms with Crippen molar-refractivity contribution in [3.63, 3.8) is 0 Å². The number of hydrogen-bond acceptors (Lipinski definition) is 3. The first kappa shape index (κ1) is 19.6. The van der Waals surface area contributed by atoms with E-state index in [1.807, 2.05) is 14.1 Å². The first-order chi connectivity index (χ1) is 13.9. The number of carbonyl (C=O) groups excluding carboxylic acids is 1. The third-order valence-corrected chi connectivity index (χ3v) is 5.42. The van der Waals surface area contributed by atoms with Gasteiger partial charge >= 0.3 is 0 Å². The molecule has 1 atom stereocenters. The van der Waals surface area contributed by atoms with Crippen molar-refractivity contribution >= 4 is 28.5 Å². The lowest BCUT2D eigenvalue weighted by Gasteiger charge is -2.25. The van der Waals surface area contributed by atoms with Crippen LogP contribution in [0.15, 0.2) is 51.7 Å². The highest BCUT2D eigenvalue weighted by atomic mass is 35.5. The van der Waals surface area contributed by atoms with E-state index in [9.17, 15) is 14.0 Å². The van der Waals surface area contributed by atoms with Crippen molar-refractivity contribution in [2.24, 2.45) is 0 Å². The molecule has 1 N–H and O–H groups in total. The SMILES string of the molecule is C[NH+](C)CCCN1C(=O)c2oc3ccc(Cl)cc3c(=O)c2[C@H]1c1ccc(F)cc1. The fourth-order valence-electron chi connectivity index (χ4n) is 3.82. The lowest BCUT2D eigenvalue weighted by atomic mass is 9.98. The maximum absolute atomic E-state index is 13.5. The second-order valence-corrected chi connectivity index (χ2v) is 8.01. The molecule has 1 aliphatic heterocycles. The Morgan fingerprint density at radius 1 is 1.14 bits per heavy atom. The summed E-state index contributed by atoms with van der Waals surface area (Å²) in [6.45, 7) is 1.34.